The van der Waals surface area contributed by atoms with Gasteiger partial charge in [0.1, 0.15) is 5.69 Å². The second kappa shape index (κ2) is 3.99. The van der Waals surface area contributed by atoms with E-state index in [1.165, 1.54) is 0 Å². The number of hydrogen-bond donors (Lipinski definition) is 2. The molecule has 13 heavy (non-hydrogen) atoms. The molecule has 72 valence electrons. The maximum Gasteiger partial charge on any atom is 0.275 e. The van der Waals surface area contributed by atoms with Gasteiger partial charge in [-0.3, -0.25) is 4.79 Å². The van der Waals surface area contributed by atoms with E-state index in [1.54, 1.807) is 13.8 Å². The lowest BCUT2D eigenvalue weighted by molar-refractivity contribution is 0.0941. The van der Waals surface area contributed by atoms with E-state index in [2.05, 4.69) is 20.3 Å². The van der Waals surface area contributed by atoms with Gasteiger partial charge in [0.25, 0.3) is 5.91 Å². The molecule has 0 aliphatic rings. The number of nitrogens with zero attached hydrogens (tertiary/aromatic N) is 2. The quantitative estimate of drug-likeness (QED) is 0.657. The van der Waals surface area contributed by atoms with Crippen molar-refractivity contribution in [3.8, 4) is 0 Å². The van der Waals surface area contributed by atoms with Crippen LogP contribution in [0.2, 0.25) is 0 Å². The van der Waals surface area contributed by atoms with Gasteiger partial charge in [0.15, 0.2) is 5.69 Å². The molecule has 0 aliphatic heterocycles. The van der Waals surface area contributed by atoms with Crippen molar-refractivity contribution < 1.29 is 9.42 Å². The third-order valence-electron chi connectivity index (χ3n) is 1.45. The molecule has 1 amide bonds. The first-order valence-corrected chi connectivity index (χ1v) is 3.94. The molecule has 0 fully saturated rings. The lowest BCUT2D eigenvalue weighted by Crippen LogP contribution is -2.35. The molecular formula is C7H12N4O2. The lowest BCUT2D eigenvalue weighted by atomic mass is 10.3. The molecule has 1 unspecified atom stereocenters. The van der Waals surface area contributed by atoms with Crippen molar-refractivity contribution >= 4 is 5.91 Å². The van der Waals surface area contributed by atoms with Crippen LogP contribution in [0.15, 0.2) is 4.63 Å². The van der Waals surface area contributed by atoms with Crippen LogP contribution in [0.4, 0.5) is 0 Å². The molecule has 6 heteroatoms. The summed E-state index contributed by atoms with van der Waals surface area (Å²) >= 11 is 0. The number of aromatic nitrogens is 2. The van der Waals surface area contributed by atoms with Crippen LogP contribution < -0.4 is 11.1 Å². The minimum Gasteiger partial charge on any atom is -0.349 e. The van der Waals surface area contributed by atoms with Crippen molar-refractivity contribution in [2.75, 3.05) is 6.54 Å². The normalized spacial score (nSPS) is 12.5. The molecule has 6 nitrogen and oxygen atoms in total. The number of carbonyl (C=O) groups excluding carboxylic acids is 1. The Kier molecular flexibility index (Phi) is 2.97. The second-order valence-corrected chi connectivity index (χ2v) is 2.89. The van der Waals surface area contributed by atoms with Gasteiger partial charge in [-0.2, -0.15) is 0 Å². The highest BCUT2D eigenvalue weighted by atomic mass is 16.6. The van der Waals surface area contributed by atoms with Gasteiger partial charge in [0, 0.05) is 12.6 Å². The van der Waals surface area contributed by atoms with Gasteiger partial charge in [0.2, 0.25) is 0 Å². The van der Waals surface area contributed by atoms with Crippen LogP contribution in [0.1, 0.15) is 23.1 Å². The van der Waals surface area contributed by atoms with Crippen molar-refractivity contribution in [3.63, 3.8) is 0 Å². The molecular weight excluding hydrogens is 172 g/mol. The van der Waals surface area contributed by atoms with Crippen LogP contribution in [0.5, 0.6) is 0 Å². The summed E-state index contributed by atoms with van der Waals surface area (Å²) in [6, 6.07) is -0.0795. The van der Waals surface area contributed by atoms with Crippen molar-refractivity contribution in [3.05, 3.63) is 11.4 Å². The molecule has 1 aromatic rings. The maximum atomic E-state index is 11.3. The van der Waals surface area contributed by atoms with Crippen molar-refractivity contribution in [2.24, 2.45) is 5.73 Å². The van der Waals surface area contributed by atoms with E-state index in [1.807, 2.05) is 0 Å². The topological polar surface area (TPSA) is 94.0 Å². The molecule has 3 N–H and O–H groups in total. The summed E-state index contributed by atoms with van der Waals surface area (Å²) in [6.45, 7) is 3.86. The second-order valence-electron chi connectivity index (χ2n) is 2.89. The molecule has 0 radical (unpaired) electrons. The van der Waals surface area contributed by atoms with Crippen LogP contribution in [-0.4, -0.2) is 28.8 Å². The smallest absolute Gasteiger partial charge is 0.275 e. The molecule has 0 saturated carbocycles. The third-order valence-corrected chi connectivity index (χ3v) is 1.45. The first-order valence-electron chi connectivity index (χ1n) is 3.94. The maximum absolute atomic E-state index is 11.3. The molecule has 0 aromatic carbocycles. The molecule has 0 saturated heterocycles. The lowest BCUT2D eigenvalue weighted by Gasteiger charge is -2.05. The standard InChI is InChI=1S/C7H12N4O2/c1-4(8)3-9-7(12)6-5(2)10-13-11-6/h4H,3,8H2,1-2H3,(H,9,12). The van der Waals surface area contributed by atoms with E-state index in [9.17, 15) is 4.79 Å². The van der Waals surface area contributed by atoms with Crippen LogP contribution in [0, 0.1) is 6.92 Å². The summed E-state index contributed by atoms with van der Waals surface area (Å²) in [5.74, 6) is -0.309. The average Bonchev–Trinajstić information content (AvgIpc) is 2.47. The van der Waals surface area contributed by atoms with Gasteiger partial charge in [-0.05, 0) is 19.0 Å². The van der Waals surface area contributed by atoms with E-state index >= 15 is 0 Å². The van der Waals surface area contributed by atoms with Crippen LogP contribution in [-0.2, 0) is 0 Å². The van der Waals surface area contributed by atoms with E-state index in [0.717, 1.165) is 0 Å². The summed E-state index contributed by atoms with van der Waals surface area (Å²) < 4.78 is 4.38. The Morgan fingerprint density at radius 2 is 2.38 bits per heavy atom. The molecule has 1 atom stereocenters. The van der Waals surface area contributed by atoms with E-state index in [-0.39, 0.29) is 17.6 Å². The monoisotopic (exact) mass is 184 g/mol. The van der Waals surface area contributed by atoms with E-state index in [4.69, 9.17) is 5.73 Å². The Hall–Kier alpha value is -1.43. The van der Waals surface area contributed by atoms with E-state index < -0.39 is 0 Å². The number of hydrogen-bond acceptors (Lipinski definition) is 5. The van der Waals surface area contributed by atoms with Gasteiger partial charge < -0.3 is 11.1 Å². The molecule has 1 aromatic heterocycles. The van der Waals surface area contributed by atoms with Crippen molar-refractivity contribution in [2.45, 2.75) is 19.9 Å². The fourth-order valence-electron chi connectivity index (χ4n) is 0.775. The molecule has 1 heterocycles. The highest BCUT2D eigenvalue weighted by Gasteiger charge is 2.14. The summed E-state index contributed by atoms with van der Waals surface area (Å²) in [6.07, 6.45) is 0. The highest BCUT2D eigenvalue weighted by Crippen LogP contribution is 1.99. The van der Waals surface area contributed by atoms with Crippen molar-refractivity contribution in [1.82, 2.24) is 15.6 Å². The Labute approximate surface area is 75.4 Å². The number of amides is 1. The minimum absolute atomic E-state index is 0.0795. The Bertz CT molecular complexity index is 294. The summed E-state index contributed by atoms with van der Waals surface area (Å²) in [4.78, 5) is 11.3. The fraction of sp³-hybridized carbons (Fsp3) is 0.571. The minimum atomic E-state index is -0.309. The zero-order valence-corrected chi connectivity index (χ0v) is 7.57. The highest BCUT2D eigenvalue weighted by molar-refractivity contribution is 5.92. The van der Waals surface area contributed by atoms with Crippen LogP contribution in [0.3, 0.4) is 0 Å². The van der Waals surface area contributed by atoms with Crippen LogP contribution in [0.25, 0.3) is 0 Å². The van der Waals surface area contributed by atoms with Gasteiger partial charge in [-0.1, -0.05) is 5.16 Å². The zero-order chi connectivity index (χ0) is 9.84. The zero-order valence-electron chi connectivity index (χ0n) is 7.57. The first-order chi connectivity index (χ1) is 6.11. The SMILES string of the molecule is Cc1nonc1C(=O)NCC(C)N. The predicted molar refractivity (Wildman–Crippen MR) is 45.0 cm³/mol. The summed E-state index contributed by atoms with van der Waals surface area (Å²) in [5.41, 5.74) is 6.14. The Morgan fingerprint density at radius 1 is 1.69 bits per heavy atom. The average molecular weight is 184 g/mol. The molecule has 0 spiro atoms. The number of nitrogens with one attached hydrogen (secondary N) is 1. The molecule has 0 bridgehead atoms. The summed E-state index contributed by atoms with van der Waals surface area (Å²) in [7, 11) is 0. The number of rotatable bonds is 3. The largest absolute Gasteiger partial charge is 0.349 e. The number of nitrogens with two attached hydrogens (primary N) is 1. The number of carbonyl (C=O) groups is 1. The van der Waals surface area contributed by atoms with Gasteiger partial charge in [-0.25, -0.2) is 4.63 Å². The Balaban J connectivity index is 2.54. The fourth-order valence-corrected chi connectivity index (χ4v) is 0.775. The third kappa shape index (κ3) is 2.51. The first kappa shape index (κ1) is 9.66. The summed E-state index contributed by atoms with van der Waals surface area (Å²) in [5, 5.41) is 9.54. The number of aryl methyl sites for hydroxylation is 1. The van der Waals surface area contributed by atoms with E-state index in [0.29, 0.717) is 12.2 Å². The van der Waals surface area contributed by atoms with Crippen LogP contribution >= 0.6 is 0 Å². The molecule has 1 rings (SSSR count). The predicted octanol–water partition coefficient (Wildman–Crippen LogP) is -0.545. The molecule has 0 aliphatic carbocycles. The Morgan fingerprint density at radius 3 is 2.85 bits per heavy atom. The van der Waals surface area contributed by atoms with Gasteiger partial charge in [-0.15, -0.1) is 0 Å². The van der Waals surface area contributed by atoms with Gasteiger partial charge in [0.05, 0.1) is 0 Å². The van der Waals surface area contributed by atoms with Gasteiger partial charge >= 0.3 is 0 Å². The van der Waals surface area contributed by atoms with Crippen molar-refractivity contribution in [1.29, 1.82) is 0 Å².